The van der Waals surface area contributed by atoms with Crippen molar-refractivity contribution in [3.63, 3.8) is 0 Å². The van der Waals surface area contributed by atoms with Crippen LogP contribution in [0.1, 0.15) is 12.8 Å². The number of pyridine rings is 2. The lowest BCUT2D eigenvalue weighted by Crippen LogP contribution is -2.35. The number of ether oxygens (including phenoxy) is 2. The van der Waals surface area contributed by atoms with Gasteiger partial charge < -0.3 is 19.7 Å². The van der Waals surface area contributed by atoms with Crippen LogP contribution in [0.25, 0.3) is 16.9 Å². The Morgan fingerprint density at radius 3 is 2.67 bits per heavy atom. The van der Waals surface area contributed by atoms with Crippen molar-refractivity contribution >= 4 is 22.7 Å². The fourth-order valence-corrected chi connectivity index (χ4v) is 4.17. The van der Waals surface area contributed by atoms with Crippen LogP contribution >= 0.6 is 0 Å². The smallest absolute Gasteiger partial charge is 0.278 e. The monoisotopic (exact) mass is 488 g/mol. The van der Waals surface area contributed by atoms with Gasteiger partial charge in [0.15, 0.2) is 11.5 Å². The highest BCUT2D eigenvalue weighted by molar-refractivity contribution is 5.77. The molecule has 11 heteroatoms. The average Bonchev–Trinajstić information content (AvgIpc) is 3.17. The fourth-order valence-electron chi connectivity index (χ4n) is 4.17. The number of hydrogen-bond acceptors (Lipinski definition) is 9. The van der Waals surface area contributed by atoms with E-state index in [2.05, 4.69) is 38.8 Å². The largest absolute Gasteiger partial charge is 0.481 e. The van der Waals surface area contributed by atoms with Gasteiger partial charge in [-0.15, -0.1) is 6.58 Å². The molecule has 1 aliphatic heterocycles. The quantitative estimate of drug-likeness (QED) is 0.374. The van der Waals surface area contributed by atoms with E-state index in [1.165, 1.54) is 10.9 Å². The second kappa shape index (κ2) is 10.2. The van der Waals surface area contributed by atoms with Gasteiger partial charge >= 0.3 is 0 Å². The van der Waals surface area contributed by atoms with Crippen LogP contribution in [0.15, 0.2) is 60.2 Å². The summed E-state index contributed by atoms with van der Waals surface area (Å²) in [6.07, 6.45) is 6.78. The minimum absolute atomic E-state index is 0.108. The fraction of sp³-hybridized carbons (Fsp3) is 0.320. The van der Waals surface area contributed by atoms with Crippen molar-refractivity contribution in [3.05, 3.63) is 65.7 Å². The summed E-state index contributed by atoms with van der Waals surface area (Å²) >= 11 is 0. The highest BCUT2D eigenvalue weighted by atomic mass is 16.5. The lowest BCUT2D eigenvalue weighted by molar-refractivity contribution is 0.110. The van der Waals surface area contributed by atoms with Crippen LogP contribution in [-0.4, -0.2) is 67.6 Å². The number of allylic oxidation sites excluding steroid dienone is 1. The van der Waals surface area contributed by atoms with Crippen LogP contribution in [0.2, 0.25) is 0 Å². The maximum Gasteiger partial charge on any atom is 0.278 e. The molecule has 0 aromatic carbocycles. The minimum Gasteiger partial charge on any atom is -0.481 e. The molecule has 1 aliphatic rings. The van der Waals surface area contributed by atoms with Gasteiger partial charge in [-0.05, 0) is 32.0 Å². The number of nitrogens with zero attached hydrogens (tertiary/aromatic N) is 7. The summed E-state index contributed by atoms with van der Waals surface area (Å²) in [7, 11) is 3.67. The van der Waals surface area contributed by atoms with Crippen LogP contribution in [0.4, 0.5) is 11.6 Å². The lowest BCUT2D eigenvalue weighted by Gasteiger charge is -2.29. The zero-order valence-corrected chi connectivity index (χ0v) is 20.3. The predicted molar refractivity (Wildman–Crippen MR) is 136 cm³/mol. The molecule has 1 N–H and O–H groups in total. The number of piperidine rings is 1. The van der Waals surface area contributed by atoms with Crippen molar-refractivity contribution in [2.75, 3.05) is 32.6 Å². The number of methoxy groups -OCH3 is 1. The molecule has 0 unspecified atom stereocenters. The Kier molecular flexibility index (Phi) is 6.63. The zero-order valence-electron chi connectivity index (χ0n) is 20.3. The SMILES string of the molecule is C=CCn1c(=O)c2cnc(Nc3ccc(OC)nc3)nc2n1-c1cccc(OC2CCN(C)CC2)n1. The number of hydrogen-bond donors (Lipinski definition) is 1. The molecule has 0 spiro atoms. The molecule has 36 heavy (non-hydrogen) atoms. The van der Waals surface area contributed by atoms with E-state index in [1.807, 2.05) is 18.2 Å². The standard InChI is InChI=1S/C25H28N8O3/c1-4-12-32-24(34)19-16-27-25(28-17-8-9-21(35-3)26-15-17)30-23(19)33(32)20-6-5-7-22(29-20)36-18-10-13-31(2)14-11-18/h4-9,15-16,18H,1,10-14H2,2-3H3,(H,27,28,30). The van der Waals surface area contributed by atoms with Gasteiger partial charge in [0.2, 0.25) is 17.7 Å². The third-order valence-electron chi connectivity index (χ3n) is 6.06. The van der Waals surface area contributed by atoms with Gasteiger partial charge in [0.1, 0.15) is 11.5 Å². The molecule has 0 aliphatic carbocycles. The summed E-state index contributed by atoms with van der Waals surface area (Å²) in [6, 6.07) is 9.06. The molecule has 0 amide bonds. The number of rotatable bonds is 8. The first-order valence-electron chi connectivity index (χ1n) is 11.7. The van der Waals surface area contributed by atoms with Gasteiger partial charge in [-0.2, -0.15) is 9.97 Å². The van der Waals surface area contributed by atoms with Crippen molar-refractivity contribution in [2.24, 2.45) is 0 Å². The van der Waals surface area contributed by atoms with E-state index >= 15 is 0 Å². The maximum atomic E-state index is 13.2. The van der Waals surface area contributed by atoms with Gasteiger partial charge in [0.05, 0.1) is 25.5 Å². The molecule has 11 nitrogen and oxygen atoms in total. The van der Waals surface area contributed by atoms with Crippen molar-refractivity contribution in [1.29, 1.82) is 0 Å². The maximum absolute atomic E-state index is 13.2. The van der Waals surface area contributed by atoms with Gasteiger partial charge in [0, 0.05) is 31.4 Å². The highest BCUT2D eigenvalue weighted by Crippen LogP contribution is 2.22. The van der Waals surface area contributed by atoms with Gasteiger partial charge in [-0.25, -0.2) is 19.3 Å². The summed E-state index contributed by atoms with van der Waals surface area (Å²) < 4.78 is 14.5. The summed E-state index contributed by atoms with van der Waals surface area (Å²) in [5, 5.41) is 3.50. The molecule has 4 aromatic heterocycles. The first-order valence-corrected chi connectivity index (χ1v) is 11.7. The van der Waals surface area contributed by atoms with E-state index in [-0.39, 0.29) is 18.2 Å². The first-order chi connectivity index (χ1) is 17.6. The predicted octanol–water partition coefficient (Wildman–Crippen LogP) is 2.78. The van der Waals surface area contributed by atoms with E-state index < -0.39 is 0 Å². The third kappa shape index (κ3) is 4.78. The molecule has 186 valence electrons. The molecule has 4 aromatic rings. The molecule has 1 saturated heterocycles. The zero-order chi connectivity index (χ0) is 25.1. The van der Waals surface area contributed by atoms with Crippen LogP contribution < -0.4 is 20.3 Å². The normalized spacial score (nSPS) is 14.6. The third-order valence-corrected chi connectivity index (χ3v) is 6.06. The van der Waals surface area contributed by atoms with E-state index in [9.17, 15) is 4.79 Å². The second-order valence-electron chi connectivity index (χ2n) is 8.59. The van der Waals surface area contributed by atoms with Crippen LogP contribution in [-0.2, 0) is 6.54 Å². The van der Waals surface area contributed by atoms with E-state index in [0.29, 0.717) is 40.2 Å². The van der Waals surface area contributed by atoms with Crippen LogP contribution in [0, 0.1) is 0 Å². The van der Waals surface area contributed by atoms with Crippen molar-refractivity contribution in [3.8, 4) is 17.6 Å². The molecule has 0 bridgehead atoms. The Balaban J connectivity index is 1.52. The van der Waals surface area contributed by atoms with E-state index in [4.69, 9.17) is 14.5 Å². The average molecular weight is 489 g/mol. The lowest BCUT2D eigenvalue weighted by atomic mass is 10.1. The van der Waals surface area contributed by atoms with Gasteiger partial charge in [-0.3, -0.25) is 4.79 Å². The Hall–Kier alpha value is -4.25. The first kappa shape index (κ1) is 23.5. The minimum atomic E-state index is -0.231. The summed E-state index contributed by atoms with van der Waals surface area (Å²) in [5.74, 6) is 1.85. The van der Waals surface area contributed by atoms with Crippen molar-refractivity contribution in [1.82, 2.24) is 34.2 Å². The molecule has 1 fully saturated rings. The Bertz CT molecular complexity index is 1420. The molecule has 5 rings (SSSR count). The number of fused-ring (bicyclic) bond motifs is 1. The summed E-state index contributed by atoms with van der Waals surface area (Å²) in [6.45, 7) is 6.06. The van der Waals surface area contributed by atoms with Gasteiger partial charge in [-0.1, -0.05) is 12.1 Å². The number of likely N-dealkylation sites (tertiary alicyclic amines) is 1. The van der Waals surface area contributed by atoms with Crippen LogP contribution in [0.5, 0.6) is 11.8 Å². The van der Waals surface area contributed by atoms with Crippen molar-refractivity contribution in [2.45, 2.75) is 25.5 Å². The van der Waals surface area contributed by atoms with Gasteiger partial charge in [0.25, 0.3) is 5.56 Å². The number of nitrogens with one attached hydrogen (secondary N) is 1. The molecule has 0 saturated carbocycles. The Morgan fingerprint density at radius 2 is 1.94 bits per heavy atom. The Labute approximate surface area is 208 Å². The van der Waals surface area contributed by atoms with Crippen molar-refractivity contribution < 1.29 is 9.47 Å². The molecule has 0 atom stereocenters. The second-order valence-corrected chi connectivity index (χ2v) is 8.59. The van der Waals surface area contributed by atoms with E-state index in [0.717, 1.165) is 25.9 Å². The van der Waals surface area contributed by atoms with Crippen LogP contribution in [0.3, 0.4) is 0 Å². The molecular weight excluding hydrogens is 460 g/mol. The molecule has 5 heterocycles. The Morgan fingerprint density at radius 1 is 1.11 bits per heavy atom. The topological polar surface area (TPSA) is 112 Å². The summed E-state index contributed by atoms with van der Waals surface area (Å²) in [4.78, 5) is 33.4. The highest BCUT2D eigenvalue weighted by Gasteiger charge is 2.21. The number of anilines is 2. The molecule has 0 radical (unpaired) electrons. The number of aromatic nitrogens is 6. The summed E-state index contributed by atoms with van der Waals surface area (Å²) in [5.41, 5.74) is 0.872. The molecular formula is C25H28N8O3. The van der Waals surface area contributed by atoms with E-state index in [1.54, 1.807) is 36.2 Å².